The van der Waals surface area contributed by atoms with E-state index in [4.69, 9.17) is 5.84 Å². The fourth-order valence-corrected chi connectivity index (χ4v) is 2.64. The van der Waals surface area contributed by atoms with Gasteiger partial charge in [0.05, 0.1) is 0 Å². The second kappa shape index (κ2) is 6.81. The van der Waals surface area contributed by atoms with Crippen molar-refractivity contribution in [1.29, 1.82) is 0 Å². The number of nitrogens with zero attached hydrogens (tertiary/aromatic N) is 2. The van der Waals surface area contributed by atoms with Crippen molar-refractivity contribution in [1.82, 2.24) is 9.97 Å². The normalized spacial score (nSPS) is 10.9. The zero-order valence-corrected chi connectivity index (χ0v) is 11.9. The Balaban J connectivity index is 2.82. The van der Waals surface area contributed by atoms with Crippen LogP contribution in [0.3, 0.4) is 0 Å². The maximum atomic E-state index is 5.47. The molecular formula is C12H22N4S. The van der Waals surface area contributed by atoms with Crippen molar-refractivity contribution >= 4 is 17.6 Å². The van der Waals surface area contributed by atoms with Gasteiger partial charge in [0.15, 0.2) is 0 Å². The minimum atomic E-state index is 0.724. The number of hydrogen-bond donors (Lipinski definition) is 2. The lowest BCUT2D eigenvalue weighted by Crippen LogP contribution is -2.13. The maximum Gasteiger partial charge on any atom is 0.147 e. The second-order valence-electron chi connectivity index (χ2n) is 4.45. The maximum absolute atomic E-state index is 5.47. The molecule has 4 nitrogen and oxygen atoms in total. The molecule has 0 bridgehead atoms. The zero-order chi connectivity index (χ0) is 12.8. The van der Waals surface area contributed by atoms with Crippen LogP contribution in [0.2, 0.25) is 0 Å². The average Bonchev–Trinajstić information content (AvgIpc) is 2.31. The standard InChI is InChI=1S/C12H22N4S/c1-5-10-14-11(16-13)9(4)12(15-10)17-7-6-8(2)3/h8H,5-7,13H2,1-4H3,(H,14,15,16). The van der Waals surface area contributed by atoms with Gasteiger partial charge in [0.1, 0.15) is 16.7 Å². The third-order valence-electron chi connectivity index (χ3n) is 2.53. The van der Waals surface area contributed by atoms with E-state index in [0.29, 0.717) is 0 Å². The Bertz CT molecular complexity index is 366. The topological polar surface area (TPSA) is 63.8 Å². The number of aromatic nitrogens is 2. The number of aryl methyl sites for hydroxylation is 1. The van der Waals surface area contributed by atoms with Gasteiger partial charge in [0.25, 0.3) is 0 Å². The van der Waals surface area contributed by atoms with Gasteiger partial charge in [-0.25, -0.2) is 15.8 Å². The van der Waals surface area contributed by atoms with Gasteiger partial charge < -0.3 is 5.43 Å². The SMILES string of the molecule is CCc1nc(NN)c(C)c(SCCC(C)C)n1. The zero-order valence-electron chi connectivity index (χ0n) is 11.1. The Hall–Kier alpha value is -0.810. The lowest BCUT2D eigenvalue weighted by Gasteiger charge is -2.11. The number of thioether (sulfide) groups is 1. The monoisotopic (exact) mass is 254 g/mol. The molecule has 5 heteroatoms. The molecule has 0 saturated carbocycles. The number of hydrogen-bond acceptors (Lipinski definition) is 5. The van der Waals surface area contributed by atoms with E-state index in [0.717, 1.165) is 40.3 Å². The first-order chi connectivity index (χ1) is 8.08. The van der Waals surface area contributed by atoms with Crippen molar-refractivity contribution in [2.45, 2.75) is 45.6 Å². The highest BCUT2D eigenvalue weighted by Crippen LogP contribution is 2.26. The van der Waals surface area contributed by atoms with Crippen LogP contribution in [0.1, 0.15) is 38.6 Å². The van der Waals surface area contributed by atoms with Crippen LogP contribution >= 0.6 is 11.8 Å². The Morgan fingerprint density at radius 3 is 2.59 bits per heavy atom. The molecule has 0 aromatic carbocycles. The molecule has 0 radical (unpaired) electrons. The highest BCUT2D eigenvalue weighted by molar-refractivity contribution is 7.99. The van der Waals surface area contributed by atoms with Gasteiger partial charge in [0, 0.05) is 12.0 Å². The number of rotatable bonds is 6. The molecule has 0 amide bonds. The summed E-state index contributed by atoms with van der Waals surface area (Å²) in [6.45, 7) is 8.52. The van der Waals surface area contributed by atoms with Crippen molar-refractivity contribution in [3.05, 3.63) is 11.4 Å². The molecule has 1 aromatic rings. The molecule has 0 aliphatic carbocycles. The first-order valence-electron chi connectivity index (χ1n) is 6.05. The van der Waals surface area contributed by atoms with E-state index in [9.17, 15) is 0 Å². The molecule has 0 atom stereocenters. The van der Waals surface area contributed by atoms with Crippen LogP contribution in [-0.4, -0.2) is 15.7 Å². The average molecular weight is 254 g/mol. The predicted octanol–water partition coefficient (Wildman–Crippen LogP) is 2.77. The molecule has 0 fully saturated rings. The number of nitrogens with one attached hydrogen (secondary N) is 1. The molecule has 17 heavy (non-hydrogen) atoms. The third-order valence-corrected chi connectivity index (χ3v) is 3.65. The molecule has 96 valence electrons. The molecular weight excluding hydrogens is 232 g/mol. The predicted molar refractivity (Wildman–Crippen MR) is 74.1 cm³/mol. The first-order valence-corrected chi connectivity index (χ1v) is 7.04. The molecule has 0 aliphatic heterocycles. The molecule has 0 unspecified atom stereocenters. The van der Waals surface area contributed by atoms with E-state index < -0.39 is 0 Å². The van der Waals surface area contributed by atoms with E-state index in [1.807, 2.05) is 13.8 Å². The molecule has 1 heterocycles. The summed E-state index contributed by atoms with van der Waals surface area (Å²) >= 11 is 1.79. The summed E-state index contributed by atoms with van der Waals surface area (Å²) in [6, 6.07) is 0. The van der Waals surface area contributed by atoms with Crippen molar-refractivity contribution in [2.24, 2.45) is 11.8 Å². The van der Waals surface area contributed by atoms with E-state index in [1.165, 1.54) is 6.42 Å². The fourth-order valence-electron chi connectivity index (χ4n) is 1.37. The van der Waals surface area contributed by atoms with Crippen LogP contribution in [0.4, 0.5) is 5.82 Å². The minimum absolute atomic E-state index is 0.724. The Morgan fingerprint density at radius 2 is 2.06 bits per heavy atom. The van der Waals surface area contributed by atoms with E-state index in [1.54, 1.807) is 11.8 Å². The van der Waals surface area contributed by atoms with Gasteiger partial charge in [-0.15, -0.1) is 11.8 Å². The van der Waals surface area contributed by atoms with Gasteiger partial charge >= 0.3 is 0 Å². The summed E-state index contributed by atoms with van der Waals surface area (Å²) < 4.78 is 0. The molecule has 0 spiro atoms. The summed E-state index contributed by atoms with van der Waals surface area (Å²) in [5.74, 6) is 8.86. The molecule has 0 aliphatic rings. The molecule has 1 aromatic heterocycles. The van der Waals surface area contributed by atoms with E-state index >= 15 is 0 Å². The van der Waals surface area contributed by atoms with Gasteiger partial charge in [-0.2, -0.15) is 0 Å². The van der Waals surface area contributed by atoms with Crippen LogP contribution in [0.25, 0.3) is 0 Å². The Labute approximate surface area is 108 Å². The van der Waals surface area contributed by atoms with E-state index in [2.05, 4.69) is 29.2 Å². The number of hydrazine groups is 1. The Morgan fingerprint density at radius 1 is 1.35 bits per heavy atom. The lowest BCUT2D eigenvalue weighted by molar-refractivity contribution is 0.631. The van der Waals surface area contributed by atoms with Crippen LogP contribution in [0.5, 0.6) is 0 Å². The summed E-state index contributed by atoms with van der Waals surface area (Å²) in [5.41, 5.74) is 3.69. The van der Waals surface area contributed by atoms with Crippen molar-refractivity contribution in [3.63, 3.8) is 0 Å². The lowest BCUT2D eigenvalue weighted by atomic mass is 10.2. The number of nitrogens with two attached hydrogens (primary N) is 1. The summed E-state index contributed by atoms with van der Waals surface area (Å²) in [4.78, 5) is 8.91. The highest BCUT2D eigenvalue weighted by atomic mass is 32.2. The van der Waals surface area contributed by atoms with Crippen LogP contribution in [-0.2, 0) is 6.42 Å². The largest absolute Gasteiger partial charge is 0.308 e. The van der Waals surface area contributed by atoms with Crippen LogP contribution in [0.15, 0.2) is 5.03 Å². The quantitative estimate of drug-likeness (QED) is 0.354. The van der Waals surface area contributed by atoms with Crippen LogP contribution < -0.4 is 11.3 Å². The number of anilines is 1. The van der Waals surface area contributed by atoms with Gasteiger partial charge in [-0.3, -0.25) is 0 Å². The molecule has 3 N–H and O–H groups in total. The minimum Gasteiger partial charge on any atom is -0.308 e. The number of nitrogen functional groups attached to an aromatic ring is 1. The molecule has 1 rings (SSSR count). The van der Waals surface area contributed by atoms with Crippen molar-refractivity contribution < 1.29 is 0 Å². The summed E-state index contributed by atoms with van der Waals surface area (Å²) in [7, 11) is 0. The smallest absolute Gasteiger partial charge is 0.147 e. The third kappa shape index (κ3) is 4.16. The van der Waals surface area contributed by atoms with Gasteiger partial charge in [-0.05, 0) is 25.0 Å². The Kier molecular flexibility index (Phi) is 5.71. The van der Waals surface area contributed by atoms with Gasteiger partial charge in [-0.1, -0.05) is 20.8 Å². The first kappa shape index (κ1) is 14.3. The second-order valence-corrected chi connectivity index (χ2v) is 5.53. The summed E-state index contributed by atoms with van der Waals surface area (Å²) in [6.07, 6.45) is 2.02. The highest BCUT2D eigenvalue weighted by Gasteiger charge is 2.10. The van der Waals surface area contributed by atoms with Crippen molar-refractivity contribution in [3.8, 4) is 0 Å². The molecule has 0 saturated heterocycles. The van der Waals surface area contributed by atoms with Gasteiger partial charge in [0.2, 0.25) is 0 Å². The summed E-state index contributed by atoms with van der Waals surface area (Å²) in [5, 5.41) is 1.05. The van der Waals surface area contributed by atoms with E-state index in [-0.39, 0.29) is 0 Å². The van der Waals surface area contributed by atoms with Crippen LogP contribution in [0, 0.1) is 12.8 Å². The van der Waals surface area contributed by atoms with Crippen molar-refractivity contribution in [2.75, 3.05) is 11.2 Å². The fraction of sp³-hybridized carbons (Fsp3) is 0.667.